The third-order valence-electron chi connectivity index (χ3n) is 4.12. The molecule has 0 saturated carbocycles. The number of benzene rings is 2. The van der Waals surface area contributed by atoms with Gasteiger partial charge >= 0.3 is 0 Å². The Morgan fingerprint density at radius 3 is 2.92 bits per heavy atom. The molecule has 1 unspecified atom stereocenters. The molecule has 2 aromatic carbocycles. The van der Waals surface area contributed by atoms with E-state index in [4.69, 9.17) is 21.1 Å². The molecule has 25 heavy (non-hydrogen) atoms. The summed E-state index contributed by atoms with van der Waals surface area (Å²) in [7, 11) is 0. The molecule has 0 aliphatic carbocycles. The lowest BCUT2D eigenvalue weighted by Gasteiger charge is -2.27. The van der Waals surface area contributed by atoms with Gasteiger partial charge in [-0.15, -0.1) is 0 Å². The minimum Gasteiger partial charge on any atom is -0.493 e. The van der Waals surface area contributed by atoms with Crippen molar-refractivity contribution in [2.24, 2.45) is 15.9 Å². The monoisotopic (exact) mass is 354 g/mol. The number of ether oxygens (including phenoxy) is 2. The predicted octanol–water partition coefficient (Wildman–Crippen LogP) is 3.68. The van der Waals surface area contributed by atoms with Gasteiger partial charge in [0, 0.05) is 5.02 Å². The number of carbonyl (C=O) groups is 1. The average Bonchev–Trinajstić information content (AvgIpc) is 2.61. The van der Waals surface area contributed by atoms with Crippen molar-refractivity contribution < 1.29 is 14.3 Å². The van der Waals surface area contributed by atoms with Crippen LogP contribution in [0.3, 0.4) is 0 Å². The van der Waals surface area contributed by atoms with Crippen LogP contribution >= 0.6 is 11.6 Å². The number of carbonyl (C=O) groups excluding carboxylic acids is 1. The van der Waals surface area contributed by atoms with E-state index in [1.54, 1.807) is 12.1 Å². The van der Waals surface area contributed by atoms with Crippen LogP contribution in [0.4, 0.5) is 0 Å². The van der Waals surface area contributed by atoms with Crippen LogP contribution < -0.4 is 9.47 Å². The Morgan fingerprint density at radius 2 is 2.08 bits per heavy atom. The molecule has 2 heterocycles. The molecule has 0 spiro atoms. The first kappa shape index (κ1) is 15.8. The van der Waals surface area contributed by atoms with Gasteiger partial charge in [-0.1, -0.05) is 23.7 Å². The summed E-state index contributed by atoms with van der Waals surface area (Å²) in [5, 5.41) is 0.612. The van der Waals surface area contributed by atoms with Crippen molar-refractivity contribution in [1.29, 1.82) is 0 Å². The van der Waals surface area contributed by atoms with Gasteiger partial charge in [0.05, 0.1) is 12.2 Å². The summed E-state index contributed by atoms with van der Waals surface area (Å²) in [5.74, 6) is 1.23. The molecule has 5 nitrogen and oxygen atoms in total. The molecule has 1 atom stereocenters. The summed E-state index contributed by atoms with van der Waals surface area (Å²) in [6.07, 6.45) is 0.484. The normalized spacial score (nSPS) is 18.5. The SMILES string of the molecule is CCOc1ccccc1C1=NC(=O)C2Cc3cc(Cl)ccc3OC2=N1. The molecular weight excluding hydrogens is 340 g/mol. The smallest absolute Gasteiger partial charge is 0.260 e. The largest absolute Gasteiger partial charge is 0.493 e. The van der Waals surface area contributed by atoms with E-state index < -0.39 is 5.92 Å². The van der Waals surface area contributed by atoms with Gasteiger partial charge in [-0.3, -0.25) is 4.79 Å². The van der Waals surface area contributed by atoms with Gasteiger partial charge in [0.2, 0.25) is 5.90 Å². The molecule has 0 bridgehead atoms. The zero-order valence-electron chi connectivity index (χ0n) is 13.5. The number of amides is 1. The first-order valence-corrected chi connectivity index (χ1v) is 8.43. The second kappa shape index (κ2) is 6.33. The first-order chi connectivity index (χ1) is 12.2. The minimum atomic E-state index is -0.506. The highest BCUT2D eigenvalue weighted by molar-refractivity contribution is 6.30. The van der Waals surface area contributed by atoms with Crippen LogP contribution in [0.25, 0.3) is 0 Å². The van der Waals surface area contributed by atoms with Crippen LogP contribution in [0, 0.1) is 5.92 Å². The molecule has 0 N–H and O–H groups in total. The van der Waals surface area contributed by atoms with Gasteiger partial charge in [-0.2, -0.15) is 9.98 Å². The van der Waals surface area contributed by atoms with Crippen molar-refractivity contribution in [3.63, 3.8) is 0 Å². The zero-order valence-corrected chi connectivity index (χ0v) is 14.3. The Morgan fingerprint density at radius 1 is 1.24 bits per heavy atom. The van der Waals surface area contributed by atoms with Crippen molar-refractivity contribution in [2.45, 2.75) is 13.3 Å². The van der Waals surface area contributed by atoms with E-state index in [1.807, 2.05) is 37.3 Å². The van der Waals surface area contributed by atoms with Crippen LogP contribution in [0.5, 0.6) is 11.5 Å². The predicted molar refractivity (Wildman–Crippen MR) is 95.9 cm³/mol. The molecular formula is C19H15ClN2O3. The van der Waals surface area contributed by atoms with Gasteiger partial charge in [-0.05, 0) is 49.2 Å². The quantitative estimate of drug-likeness (QED) is 0.844. The highest BCUT2D eigenvalue weighted by Gasteiger charge is 2.36. The summed E-state index contributed by atoms with van der Waals surface area (Å²) in [6.45, 7) is 2.42. The number of hydrogen-bond donors (Lipinski definition) is 0. The van der Waals surface area contributed by atoms with Crippen molar-refractivity contribution >= 4 is 29.2 Å². The Labute approximate surface area is 150 Å². The molecule has 0 aromatic heterocycles. The molecule has 2 aromatic rings. The number of amidine groups is 1. The Bertz CT molecular complexity index is 921. The van der Waals surface area contributed by atoms with E-state index in [0.717, 1.165) is 5.56 Å². The Balaban J connectivity index is 1.73. The lowest BCUT2D eigenvalue weighted by Crippen LogP contribution is -2.37. The summed E-state index contributed by atoms with van der Waals surface area (Å²) < 4.78 is 11.5. The third-order valence-corrected chi connectivity index (χ3v) is 4.35. The fraction of sp³-hybridized carbons (Fsp3) is 0.211. The average molecular weight is 355 g/mol. The summed E-state index contributed by atoms with van der Waals surface area (Å²) in [5.41, 5.74) is 1.56. The topological polar surface area (TPSA) is 60.2 Å². The van der Waals surface area contributed by atoms with E-state index in [-0.39, 0.29) is 5.91 Å². The van der Waals surface area contributed by atoms with Crippen molar-refractivity contribution in [1.82, 2.24) is 0 Å². The second-order valence-corrected chi connectivity index (χ2v) is 6.20. The molecule has 4 rings (SSSR count). The van der Waals surface area contributed by atoms with E-state index in [0.29, 0.717) is 46.8 Å². The maximum Gasteiger partial charge on any atom is 0.260 e. The van der Waals surface area contributed by atoms with Crippen molar-refractivity contribution in [3.05, 3.63) is 58.6 Å². The van der Waals surface area contributed by atoms with Gasteiger partial charge in [0.1, 0.15) is 17.4 Å². The minimum absolute atomic E-state index is 0.267. The lowest BCUT2D eigenvalue weighted by molar-refractivity contribution is -0.120. The molecule has 6 heteroatoms. The molecule has 1 amide bonds. The summed E-state index contributed by atoms with van der Waals surface area (Å²) in [6, 6.07) is 12.7. The van der Waals surface area contributed by atoms with Crippen LogP contribution in [-0.2, 0) is 11.2 Å². The maximum atomic E-state index is 12.6. The first-order valence-electron chi connectivity index (χ1n) is 8.05. The Hall–Kier alpha value is -2.66. The fourth-order valence-electron chi connectivity index (χ4n) is 2.96. The summed E-state index contributed by atoms with van der Waals surface area (Å²) >= 11 is 6.03. The summed E-state index contributed by atoms with van der Waals surface area (Å²) in [4.78, 5) is 21.2. The number of aliphatic imine (C=N–C) groups is 2. The number of halogens is 1. The van der Waals surface area contributed by atoms with Crippen molar-refractivity contribution in [3.8, 4) is 11.5 Å². The molecule has 2 aliphatic heterocycles. The Kier molecular flexibility index (Phi) is 4.01. The molecule has 0 fully saturated rings. The van der Waals surface area contributed by atoms with Gasteiger partial charge in [-0.25, -0.2) is 0 Å². The number of para-hydroxylation sites is 1. The van der Waals surface area contributed by atoms with E-state index in [1.165, 1.54) is 0 Å². The van der Waals surface area contributed by atoms with Gasteiger partial charge in [0.15, 0.2) is 5.84 Å². The highest BCUT2D eigenvalue weighted by atomic mass is 35.5. The van der Waals surface area contributed by atoms with Crippen LogP contribution in [-0.4, -0.2) is 24.2 Å². The number of hydrogen-bond acceptors (Lipinski definition) is 4. The van der Waals surface area contributed by atoms with E-state index in [9.17, 15) is 4.79 Å². The second-order valence-electron chi connectivity index (χ2n) is 5.76. The molecule has 0 saturated heterocycles. The molecule has 2 aliphatic rings. The maximum absolute atomic E-state index is 12.6. The molecule has 0 radical (unpaired) electrons. The number of rotatable bonds is 3. The van der Waals surface area contributed by atoms with Crippen LogP contribution in [0.2, 0.25) is 5.02 Å². The van der Waals surface area contributed by atoms with E-state index in [2.05, 4.69) is 9.98 Å². The molecule has 126 valence electrons. The van der Waals surface area contributed by atoms with E-state index >= 15 is 0 Å². The fourth-order valence-corrected chi connectivity index (χ4v) is 3.15. The lowest BCUT2D eigenvalue weighted by atomic mass is 9.94. The zero-order chi connectivity index (χ0) is 17.4. The highest BCUT2D eigenvalue weighted by Crippen LogP contribution is 2.33. The van der Waals surface area contributed by atoms with Crippen LogP contribution in [0.1, 0.15) is 18.1 Å². The number of nitrogens with zero attached hydrogens (tertiary/aromatic N) is 2. The third kappa shape index (κ3) is 2.91. The van der Waals surface area contributed by atoms with Gasteiger partial charge < -0.3 is 9.47 Å². The van der Waals surface area contributed by atoms with Crippen molar-refractivity contribution in [2.75, 3.05) is 6.61 Å². The van der Waals surface area contributed by atoms with Gasteiger partial charge in [0.25, 0.3) is 5.91 Å². The van der Waals surface area contributed by atoms with Crippen LogP contribution in [0.15, 0.2) is 52.4 Å². The number of fused-ring (bicyclic) bond motifs is 2. The standard InChI is InChI=1S/C19H15ClN2O3/c1-2-24-16-6-4-3-5-13(16)17-21-18(23)14-10-11-9-12(20)7-8-15(11)25-19(14)22-17/h3-9,14H,2,10H2,1H3.